The largest absolute Gasteiger partial charge is 0.497 e. The molecule has 0 aliphatic carbocycles. The number of fused-ring (bicyclic) bond motifs is 1. The SMILES string of the molecule is COc1ccc(-c2n[nH]c3c2[C@H](c2ccc(OC)c(OC)c2)N(c2ccc(Br)cc2)C3=O)cc1. The van der Waals surface area contributed by atoms with E-state index in [0.717, 1.165) is 32.6 Å². The molecule has 1 amide bonds. The molecule has 0 fully saturated rings. The Balaban J connectivity index is 1.71. The smallest absolute Gasteiger partial charge is 0.277 e. The monoisotopic (exact) mass is 519 g/mol. The molecule has 2 heterocycles. The summed E-state index contributed by atoms with van der Waals surface area (Å²) in [4.78, 5) is 15.4. The van der Waals surface area contributed by atoms with Gasteiger partial charge in [0.2, 0.25) is 0 Å². The Morgan fingerprint density at radius 2 is 1.59 bits per heavy atom. The van der Waals surface area contributed by atoms with Gasteiger partial charge >= 0.3 is 0 Å². The molecule has 0 bridgehead atoms. The second-order valence-corrected chi connectivity index (χ2v) is 8.67. The van der Waals surface area contributed by atoms with Gasteiger partial charge in [0.15, 0.2) is 11.5 Å². The van der Waals surface area contributed by atoms with E-state index in [1.54, 1.807) is 26.2 Å². The standard InChI is InChI=1S/C26H22BrN3O4/c1-32-19-11-4-15(5-12-19)23-22-24(29-28-23)26(31)30(18-9-7-17(27)8-10-18)25(22)16-6-13-20(33-2)21(14-16)34-3/h4-14,25H,1-3H3,(H,28,29)/t25-/m0/s1. The first-order chi connectivity index (χ1) is 16.5. The number of anilines is 1. The topological polar surface area (TPSA) is 76.7 Å². The highest BCUT2D eigenvalue weighted by Crippen LogP contribution is 2.46. The van der Waals surface area contributed by atoms with Crippen molar-refractivity contribution in [2.75, 3.05) is 26.2 Å². The number of ether oxygens (including phenoxy) is 3. The third-order valence-corrected chi connectivity index (χ3v) is 6.49. The number of benzene rings is 3. The Morgan fingerprint density at radius 1 is 0.882 bits per heavy atom. The predicted molar refractivity (Wildman–Crippen MR) is 133 cm³/mol. The van der Waals surface area contributed by atoms with Gasteiger partial charge < -0.3 is 14.2 Å². The molecule has 7 nitrogen and oxygen atoms in total. The molecule has 1 N–H and O–H groups in total. The summed E-state index contributed by atoms with van der Waals surface area (Å²) in [5, 5.41) is 7.52. The molecule has 0 saturated heterocycles. The molecule has 1 aromatic heterocycles. The minimum atomic E-state index is -0.417. The summed E-state index contributed by atoms with van der Waals surface area (Å²) >= 11 is 3.48. The fraction of sp³-hybridized carbons (Fsp3) is 0.154. The number of nitrogens with zero attached hydrogens (tertiary/aromatic N) is 2. The Bertz CT molecular complexity index is 1350. The average molecular weight is 520 g/mol. The molecular weight excluding hydrogens is 498 g/mol. The minimum Gasteiger partial charge on any atom is -0.497 e. The van der Waals surface area contributed by atoms with Gasteiger partial charge in [-0.3, -0.25) is 14.8 Å². The number of carbonyl (C=O) groups excluding carboxylic acids is 1. The van der Waals surface area contributed by atoms with Gasteiger partial charge in [0.05, 0.1) is 33.1 Å². The Morgan fingerprint density at radius 3 is 2.24 bits per heavy atom. The zero-order chi connectivity index (χ0) is 23.8. The summed E-state index contributed by atoms with van der Waals surface area (Å²) in [5.41, 5.74) is 4.53. The van der Waals surface area contributed by atoms with Crippen LogP contribution in [0.2, 0.25) is 0 Å². The maximum Gasteiger partial charge on any atom is 0.277 e. The molecule has 3 aromatic carbocycles. The normalized spacial score (nSPS) is 14.8. The highest BCUT2D eigenvalue weighted by molar-refractivity contribution is 9.10. The molecule has 0 saturated carbocycles. The number of hydrogen-bond donors (Lipinski definition) is 1. The number of rotatable bonds is 6. The minimum absolute atomic E-state index is 0.149. The van der Waals surface area contributed by atoms with Crippen LogP contribution in [0.25, 0.3) is 11.3 Å². The number of methoxy groups -OCH3 is 3. The molecule has 1 aliphatic rings. The van der Waals surface area contributed by atoms with Gasteiger partial charge in [0, 0.05) is 21.3 Å². The van der Waals surface area contributed by atoms with Crippen molar-refractivity contribution >= 4 is 27.5 Å². The van der Waals surface area contributed by atoms with E-state index < -0.39 is 6.04 Å². The number of hydrogen-bond acceptors (Lipinski definition) is 5. The number of carbonyl (C=O) groups is 1. The number of H-pyrrole nitrogens is 1. The van der Waals surface area contributed by atoms with E-state index in [2.05, 4.69) is 26.1 Å². The van der Waals surface area contributed by atoms with Crippen molar-refractivity contribution in [1.29, 1.82) is 0 Å². The first-order valence-corrected chi connectivity index (χ1v) is 11.4. The van der Waals surface area contributed by atoms with E-state index in [1.165, 1.54) is 0 Å². The Hall–Kier alpha value is -3.78. The fourth-order valence-corrected chi connectivity index (χ4v) is 4.59. The van der Waals surface area contributed by atoms with Crippen molar-refractivity contribution in [2.45, 2.75) is 6.04 Å². The zero-order valence-corrected chi connectivity index (χ0v) is 20.4. The molecule has 8 heteroatoms. The van der Waals surface area contributed by atoms with Crippen LogP contribution in [-0.4, -0.2) is 37.4 Å². The molecule has 1 atom stereocenters. The van der Waals surface area contributed by atoms with Crippen LogP contribution < -0.4 is 19.1 Å². The molecule has 4 aromatic rings. The number of aromatic amines is 1. The van der Waals surface area contributed by atoms with Gasteiger partial charge in [-0.05, 0) is 66.2 Å². The van der Waals surface area contributed by atoms with Gasteiger partial charge in [0.1, 0.15) is 11.4 Å². The zero-order valence-electron chi connectivity index (χ0n) is 18.8. The predicted octanol–water partition coefficient (Wildman–Crippen LogP) is 5.61. The Labute approximate surface area is 205 Å². The second kappa shape index (κ2) is 8.87. The van der Waals surface area contributed by atoms with Crippen LogP contribution >= 0.6 is 15.9 Å². The van der Waals surface area contributed by atoms with Gasteiger partial charge in [-0.15, -0.1) is 0 Å². The van der Waals surface area contributed by atoms with Gasteiger partial charge in [0.25, 0.3) is 5.91 Å². The summed E-state index contributed by atoms with van der Waals surface area (Å²) in [5.74, 6) is 1.81. The van der Waals surface area contributed by atoms with E-state index >= 15 is 0 Å². The van der Waals surface area contributed by atoms with E-state index in [4.69, 9.17) is 14.2 Å². The van der Waals surface area contributed by atoms with Crippen LogP contribution in [0.3, 0.4) is 0 Å². The molecule has 0 radical (unpaired) electrons. The quantitative estimate of drug-likeness (QED) is 0.358. The molecular formula is C26H22BrN3O4. The van der Waals surface area contributed by atoms with Crippen molar-refractivity contribution in [3.05, 3.63) is 88.0 Å². The van der Waals surface area contributed by atoms with Crippen molar-refractivity contribution in [1.82, 2.24) is 10.2 Å². The van der Waals surface area contributed by atoms with Gasteiger partial charge in [-0.25, -0.2) is 0 Å². The van der Waals surface area contributed by atoms with Crippen LogP contribution in [0.4, 0.5) is 5.69 Å². The third-order valence-electron chi connectivity index (χ3n) is 5.96. The average Bonchev–Trinajstić information content (AvgIpc) is 3.43. The Kier molecular flexibility index (Phi) is 5.75. The first-order valence-electron chi connectivity index (χ1n) is 10.6. The summed E-state index contributed by atoms with van der Waals surface area (Å²) < 4.78 is 17.2. The van der Waals surface area contributed by atoms with Crippen molar-refractivity contribution < 1.29 is 19.0 Å². The number of halogens is 1. The number of aromatic nitrogens is 2. The molecule has 0 spiro atoms. The fourth-order valence-electron chi connectivity index (χ4n) is 4.32. The molecule has 5 rings (SSSR count). The molecule has 0 unspecified atom stereocenters. The van der Waals surface area contributed by atoms with Crippen LogP contribution in [0.15, 0.2) is 71.2 Å². The number of amides is 1. The summed E-state index contributed by atoms with van der Waals surface area (Å²) in [6.07, 6.45) is 0. The van der Waals surface area contributed by atoms with E-state index in [9.17, 15) is 4.79 Å². The van der Waals surface area contributed by atoms with Crippen LogP contribution in [-0.2, 0) is 0 Å². The highest BCUT2D eigenvalue weighted by Gasteiger charge is 2.43. The van der Waals surface area contributed by atoms with Crippen molar-refractivity contribution in [3.63, 3.8) is 0 Å². The summed E-state index contributed by atoms with van der Waals surface area (Å²) in [6, 6.07) is 20.6. The molecule has 34 heavy (non-hydrogen) atoms. The lowest BCUT2D eigenvalue weighted by atomic mass is 9.95. The third kappa shape index (κ3) is 3.60. The van der Waals surface area contributed by atoms with E-state index in [0.29, 0.717) is 22.9 Å². The van der Waals surface area contributed by atoms with Crippen LogP contribution in [0, 0.1) is 0 Å². The molecule has 172 valence electrons. The lowest BCUT2D eigenvalue weighted by Gasteiger charge is -2.27. The lowest BCUT2D eigenvalue weighted by molar-refractivity contribution is 0.0988. The van der Waals surface area contributed by atoms with E-state index in [-0.39, 0.29) is 5.91 Å². The first kappa shape index (κ1) is 22.0. The van der Waals surface area contributed by atoms with Crippen LogP contribution in [0.5, 0.6) is 17.2 Å². The van der Waals surface area contributed by atoms with Crippen molar-refractivity contribution in [3.8, 4) is 28.5 Å². The maximum absolute atomic E-state index is 13.7. The highest BCUT2D eigenvalue weighted by atomic mass is 79.9. The summed E-state index contributed by atoms with van der Waals surface area (Å²) in [7, 11) is 4.82. The van der Waals surface area contributed by atoms with Gasteiger partial charge in [-0.1, -0.05) is 22.0 Å². The summed E-state index contributed by atoms with van der Waals surface area (Å²) in [6.45, 7) is 0. The van der Waals surface area contributed by atoms with Gasteiger partial charge in [-0.2, -0.15) is 5.10 Å². The second-order valence-electron chi connectivity index (χ2n) is 7.76. The number of nitrogens with one attached hydrogen (secondary N) is 1. The molecule has 1 aliphatic heterocycles. The maximum atomic E-state index is 13.7. The van der Waals surface area contributed by atoms with Crippen molar-refractivity contribution in [2.24, 2.45) is 0 Å². The lowest BCUT2D eigenvalue weighted by Crippen LogP contribution is -2.29. The van der Waals surface area contributed by atoms with Crippen LogP contribution in [0.1, 0.15) is 27.7 Å². The van der Waals surface area contributed by atoms with E-state index in [1.807, 2.05) is 66.7 Å².